The molecule has 0 amide bonds. The van der Waals surface area contributed by atoms with Gasteiger partial charge in [0.25, 0.3) is 0 Å². The van der Waals surface area contributed by atoms with Gasteiger partial charge in [-0.2, -0.15) is 0 Å². The standard InChI is InChI=1S/C22H21FO2/c1-16-7-10-20(23)13-19(16)14-22(24)18-8-11-21(12-9-18)25-15-17-5-3-2-4-6-17/h2-13,22,24H,14-15H2,1H3. The van der Waals surface area contributed by atoms with Crippen molar-refractivity contribution in [2.45, 2.75) is 26.1 Å². The number of rotatable bonds is 6. The molecule has 0 aliphatic rings. The lowest BCUT2D eigenvalue weighted by Crippen LogP contribution is -2.04. The van der Waals surface area contributed by atoms with Crippen LogP contribution in [0.5, 0.6) is 5.75 Å². The molecule has 2 nitrogen and oxygen atoms in total. The fourth-order valence-electron chi connectivity index (χ4n) is 2.71. The quantitative estimate of drug-likeness (QED) is 0.687. The molecule has 1 atom stereocenters. The summed E-state index contributed by atoms with van der Waals surface area (Å²) < 4.78 is 19.1. The van der Waals surface area contributed by atoms with Gasteiger partial charge < -0.3 is 9.84 Å². The van der Waals surface area contributed by atoms with Crippen molar-refractivity contribution < 1.29 is 14.2 Å². The Morgan fingerprint density at radius 1 is 0.960 bits per heavy atom. The van der Waals surface area contributed by atoms with Crippen LogP contribution in [-0.4, -0.2) is 5.11 Å². The number of aliphatic hydroxyl groups excluding tert-OH is 1. The van der Waals surface area contributed by atoms with Crippen LogP contribution in [0.3, 0.4) is 0 Å². The number of hydrogen-bond acceptors (Lipinski definition) is 2. The molecule has 1 N–H and O–H groups in total. The van der Waals surface area contributed by atoms with Crippen LogP contribution in [0.1, 0.15) is 28.4 Å². The zero-order valence-electron chi connectivity index (χ0n) is 14.2. The molecule has 0 spiro atoms. The van der Waals surface area contributed by atoms with Crippen molar-refractivity contribution in [2.24, 2.45) is 0 Å². The highest BCUT2D eigenvalue weighted by Crippen LogP contribution is 2.23. The van der Waals surface area contributed by atoms with E-state index in [-0.39, 0.29) is 5.82 Å². The first-order valence-corrected chi connectivity index (χ1v) is 8.31. The summed E-state index contributed by atoms with van der Waals surface area (Å²) in [6, 6.07) is 22.0. The largest absolute Gasteiger partial charge is 0.489 e. The summed E-state index contributed by atoms with van der Waals surface area (Å²) in [5, 5.41) is 10.4. The van der Waals surface area contributed by atoms with Gasteiger partial charge in [-0.3, -0.25) is 0 Å². The van der Waals surface area contributed by atoms with Crippen LogP contribution < -0.4 is 4.74 Å². The van der Waals surface area contributed by atoms with E-state index < -0.39 is 6.10 Å². The van der Waals surface area contributed by atoms with Crippen LogP contribution in [0, 0.1) is 12.7 Å². The molecule has 3 aromatic carbocycles. The number of aliphatic hydroxyl groups is 1. The average molecular weight is 336 g/mol. The molecule has 0 saturated carbocycles. The fourth-order valence-corrected chi connectivity index (χ4v) is 2.71. The molecule has 0 heterocycles. The number of benzene rings is 3. The molecule has 1 unspecified atom stereocenters. The number of hydrogen-bond donors (Lipinski definition) is 1. The number of halogens is 1. The minimum atomic E-state index is -0.677. The predicted molar refractivity (Wildman–Crippen MR) is 97.0 cm³/mol. The summed E-state index contributed by atoms with van der Waals surface area (Å²) in [5.74, 6) is 0.471. The van der Waals surface area contributed by atoms with Gasteiger partial charge in [0.1, 0.15) is 18.2 Å². The summed E-state index contributed by atoms with van der Waals surface area (Å²) in [5.41, 5.74) is 3.68. The Hall–Kier alpha value is -2.65. The molecule has 3 aromatic rings. The topological polar surface area (TPSA) is 29.5 Å². The summed E-state index contributed by atoms with van der Waals surface area (Å²) in [7, 11) is 0. The van der Waals surface area contributed by atoms with E-state index in [1.54, 1.807) is 6.07 Å². The monoisotopic (exact) mass is 336 g/mol. The molecular formula is C22H21FO2. The van der Waals surface area contributed by atoms with E-state index in [2.05, 4.69) is 0 Å². The molecule has 3 heteroatoms. The first kappa shape index (κ1) is 17.2. The highest BCUT2D eigenvalue weighted by Gasteiger charge is 2.11. The molecule has 0 aliphatic heterocycles. The second-order valence-electron chi connectivity index (χ2n) is 6.13. The fraction of sp³-hybridized carbons (Fsp3) is 0.182. The van der Waals surface area contributed by atoms with Crippen molar-refractivity contribution >= 4 is 0 Å². The number of aryl methyl sites for hydroxylation is 1. The Morgan fingerprint density at radius 3 is 2.40 bits per heavy atom. The highest BCUT2D eigenvalue weighted by atomic mass is 19.1. The van der Waals surface area contributed by atoms with Gasteiger partial charge in [0, 0.05) is 6.42 Å². The molecule has 0 saturated heterocycles. The number of ether oxygens (including phenoxy) is 1. The highest BCUT2D eigenvalue weighted by molar-refractivity contribution is 5.32. The molecule has 0 aliphatic carbocycles. The maximum absolute atomic E-state index is 13.4. The van der Waals surface area contributed by atoms with Crippen molar-refractivity contribution in [3.05, 3.63) is 101 Å². The molecule has 3 rings (SSSR count). The van der Waals surface area contributed by atoms with Gasteiger partial charge in [0.2, 0.25) is 0 Å². The second-order valence-corrected chi connectivity index (χ2v) is 6.13. The van der Waals surface area contributed by atoms with Crippen molar-refractivity contribution in [2.75, 3.05) is 0 Å². The van der Waals surface area contributed by atoms with Crippen molar-refractivity contribution in [3.8, 4) is 5.75 Å². The van der Waals surface area contributed by atoms with Crippen LogP contribution in [0.15, 0.2) is 72.8 Å². The van der Waals surface area contributed by atoms with Crippen molar-refractivity contribution in [3.63, 3.8) is 0 Å². The summed E-state index contributed by atoms with van der Waals surface area (Å²) in [4.78, 5) is 0. The third kappa shape index (κ3) is 4.68. The molecule has 128 valence electrons. The normalized spacial score (nSPS) is 12.0. The minimum Gasteiger partial charge on any atom is -0.489 e. The maximum atomic E-state index is 13.4. The van der Waals surface area contributed by atoms with E-state index >= 15 is 0 Å². The Labute approximate surface area is 147 Å². The van der Waals surface area contributed by atoms with E-state index in [4.69, 9.17) is 4.74 Å². The van der Waals surface area contributed by atoms with E-state index in [1.165, 1.54) is 12.1 Å². The van der Waals surface area contributed by atoms with Gasteiger partial charge in [0.15, 0.2) is 0 Å². The molecule has 0 fully saturated rings. The summed E-state index contributed by atoms with van der Waals surface area (Å²) in [6.07, 6.45) is -0.294. The Bertz CT molecular complexity index is 813. The SMILES string of the molecule is Cc1ccc(F)cc1CC(O)c1ccc(OCc2ccccc2)cc1. The summed E-state index contributed by atoms with van der Waals surface area (Å²) >= 11 is 0. The molecule has 25 heavy (non-hydrogen) atoms. The van der Waals surface area contributed by atoms with Crippen molar-refractivity contribution in [1.82, 2.24) is 0 Å². The van der Waals surface area contributed by atoms with Gasteiger partial charge in [0.05, 0.1) is 6.10 Å². The maximum Gasteiger partial charge on any atom is 0.123 e. The third-order valence-corrected chi connectivity index (χ3v) is 4.24. The van der Waals surface area contributed by atoms with Gasteiger partial charge in [-0.15, -0.1) is 0 Å². The smallest absolute Gasteiger partial charge is 0.123 e. The first-order valence-electron chi connectivity index (χ1n) is 8.31. The average Bonchev–Trinajstić information content (AvgIpc) is 2.64. The van der Waals surface area contributed by atoms with Crippen molar-refractivity contribution in [1.29, 1.82) is 0 Å². The van der Waals surface area contributed by atoms with Crippen LogP contribution in [0.2, 0.25) is 0 Å². The molecule has 0 bridgehead atoms. The Morgan fingerprint density at radius 2 is 1.68 bits per heavy atom. The lowest BCUT2D eigenvalue weighted by Gasteiger charge is -2.14. The van der Waals surface area contributed by atoms with E-state index in [9.17, 15) is 9.50 Å². The minimum absolute atomic E-state index is 0.280. The van der Waals surface area contributed by atoms with Gasteiger partial charge in [-0.25, -0.2) is 4.39 Å². The van der Waals surface area contributed by atoms with E-state index in [1.807, 2.05) is 61.5 Å². The van der Waals surface area contributed by atoms with Crippen LogP contribution in [0.4, 0.5) is 4.39 Å². The van der Waals surface area contributed by atoms with E-state index in [0.717, 1.165) is 28.0 Å². The molecule has 0 aromatic heterocycles. The zero-order chi connectivity index (χ0) is 17.6. The lowest BCUT2D eigenvalue weighted by molar-refractivity contribution is 0.178. The lowest BCUT2D eigenvalue weighted by atomic mass is 9.98. The van der Waals surface area contributed by atoms with Gasteiger partial charge in [-0.05, 0) is 53.4 Å². The van der Waals surface area contributed by atoms with Gasteiger partial charge >= 0.3 is 0 Å². The van der Waals surface area contributed by atoms with E-state index in [0.29, 0.717) is 13.0 Å². The van der Waals surface area contributed by atoms with Crippen LogP contribution in [-0.2, 0) is 13.0 Å². The second kappa shape index (κ2) is 7.95. The Kier molecular flexibility index (Phi) is 5.46. The van der Waals surface area contributed by atoms with Crippen LogP contribution >= 0.6 is 0 Å². The summed E-state index contributed by atoms with van der Waals surface area (Å²) in [6.45, 7) is 2.42. The molecule has 0 radical (unpaired) electrons. The Balaban J connectivity index is 1.62. The zero-order valence-corrected chi connectivity index (χ0v) is 14.2. The third-order valence-electron chi connectivity index (χ3n) is 4.24. The molecular weight excluding hydrogens is 315 g/mol. The van der Waals surface area contributed by atoms with Crippen LogP contribution in [0.25, 0.3) is 0 Å². The van der Waals surface area contributed by atoms with Gasteiger partial charge in [-0.1, -0.05) is 48.5 Å². The predicted octanol–water partition coefficient (Wildman–Crippen LogP) is 4.99. The first-order chi connectivity index (χ1) is 12.1.